The smallest absolute Gasteiger partial charge is 0.408 e. The second kappa shape index (κ2) is 6.83. The van der Waals surface area contributed by atoms with Crippen molar-refractivity contribution in [1.82, 2.24) is 4.57 Å². The molecule has 0 unspecified atom stereocenters. The number of hydrogen-bond donors (Lipinski definition) is 2. The first kappa shape index (κ1) is 17.4. The molecule has 3 N–H and O–H groups in total. The predicted octanol–water partition coefficient (Wildman–Crippen LogP) is 2.17. The van der Waals surface area contributed by atoms with Crippen LogP contribution in [-0.4, -0.2) is 16.4 Å². The average Bonchev–Trinajstić information content (AvgIpc) is 2.92. The fourth-order valence-corrected chi connectivity index (χ4v) is 2.60. The molecular weight excluding hydrogens is 341 g/mol. The third-order valence-corrected chi connectivity index (χ3v) is 4.04. The van der Waals surface area contributed by atoms with Crippen molar-refractivity contribution in [2.45, 2.75) is 19.9 Å². The number of nitrogens with two attached hydrogens (primary N) is 1. The number of para-hydroxylation sites is 2. The maximum Gasteiger partial charge on any atom is 0.419 e. The zero-order valence-electron chi connectivity index (χ0n) is 13.9. The molecule has 3 rings (SSSR count). The SMILES string of the molecule is Cc1c(F)cc(C(N)=O)cc1NC(=O)CCn1c(=O)oc2ccccc21. The highest BCUT2D eigenvalue weighted by Crippen LogP contribution is 2.21. The van der Waals surface area contributed by atoms with Gasteiger partial charge < -0.3 is 15.5 Å². The minimum atomic E-state index is -0.796. The second-order valence-corrected chi connectivity index (χ2v) is 5.78. The highest BCUT2D eigenvalue weighted by molar-refractivity contribution is 5.97. The summed E-state index contributed by atoms with van der Waals surface area (Å²) in [6.45, 7) is 1.57. The Morgan fingerprint density at radius 3 is 2.73 bits per heavy atom. The number of carbonyl (C=O) groups is 2. The lowest BCUT2D eigenvalue weighted by atomic mass is 10.1. The summed E-state index contributed by atoms with van der Waals surface area (Å²) < 4.78 is 20.3. The molecule has 0 saturated carbocycles. The van der Waals surface area contributed by atoms with E-state index in [-0.39, 0.29) is 29.8 Å². The van der Waals surface area contributed by atoms with Crippen LogP contribution in [0.4, 0.5) is 10.1 Å². The van der Waals surface area contributed by atoms with Crippen molar-refractivity contribution in [2.75, 3.05) is 5.32 Å². The van der Waals surface area contributed by atoms with Gasteiger partial charge in [-0.2, -0.15) is 0 Å². The van der Waals surface area contributed by atoms with Crippen molar-refractivity contribution >= 4 is 28.6 Å². The van der Waals surface area contributed by atoms with Crippen molar-refractivity contribution < 1.29 is 18.4 Å². The molecule has 0 saturated heterocycles. The zero-order valence-corrected chi connectivity index (χ0v) is 13.9. The molecule has 0 aliphatic heterocycles. The number of nitrogens with one attached hydrogen (secondary N) is 1. The van der Waals surface area contributed by atoms with E-state index < -0.39 is 23.4 Å². The monoisotopic (exact) mass is 357 g/mol. The quantitative estimate of drug-likeness (QED) is 0.729. The summed E-state index contributed by atoms with van der Waals surface area (Å²) in [5, 5.41) is 2.54. The molecule has 0 atom stereocenters. The molecule has 7 nitrogen and oxygen atoms in total. The predicted molar refractivity (Wildman–Crippen MR) is 93.4 cm³/mol. The van der Waals surface area contributed by atoms with Gasteiger partial charge in [0.2, 0.25) is 11.8 Å². The number of rotatable bonds is 5. The summed E-state index contributed by atoms with van der Waals surface area (Å²) in [6.07, 6.45) is -0.0364. The van der Waals surface area contributed by atoms with Crippen molar-refractivity contribution in [3.63, 3.8) is 0 Å². The molecule has 2 aromatic carbocycles. The van der Waals surface area contributed by atoms with Gasteiger partial charge in [0.15, 0.2) is 5.58 Å². The minimum absolute atomic E-state index is 0.0364. The van der Waals surface area contributed by atoms with Crippen molar-refractivity contribution in [3.05, 3.63) is 63.9 Å². The Morgan fingerprint density at radius 1 is 1.27 bits per heavy atom. The lowest BCUT2D eigenvalue weighted by molar-refractivity contribution is -0.116. The van der Waals surface area contributed by atoms with Crippen LogP contribution in [0.3, 0.4) is 0 Å². The maximum absolute atomic E-state index is 13.9. The lowest BCUT2D eigenvalue weighted by Gasteiger charge is -2.11. The van der Waals surface area contributed by atoms with Crippen molar-refractivity contribution in [3.8, 4) is 0 Å². The average molecular weight is 357 g/mol. The van der Waals surface area contributed by atoms with Crippen molar-refractivity contribution in [2.24, 2.45) is 5.73 Å². The number of halogens is 1. The number of oxazole rings is 1. The van der Waals surface area contributed by atoms with Crippen LogP contribution in [0, 0.1) is 12.7 Å². The van der Waals surface area contributed by atoms with Gasteiger partial charge in [-0.1, -0.05) is 12.1 Å². The van der Waals surface area contributed by atoms with E-state index in [4.69, 9.17) is 10.2 Å². The molecule has 0 aliphatic carbocycles. The van der Waals surface area contributed by atoms with Crippen LogP contribution in [0.5, 0.6) is 0 Å². The summed E-state index contributed by atoms with van der Waals surface area (Å²) in [7, 11) is 0. The Balaban J connectivity index is 1.76. The first-order valence-electron chi connectivity index (χ1n) is 7.85. The van der Waals surface area contributed by atoms with Crippen LogP contribution >= 0.6 is 0 Å². The van der Waals surface area contributed by atoms with Gasteiger partial charge in [-0.15, -0.1) is 0 Å². The number of aryl methyl sites for hydroxylation is 1. The molecule has 0 bridgehead atoms. The van der Waals surface area contributed by atoms with Gasteiger partial charge in [0.1, 0.15) is 5.82 Å². The van der Waals surface area contributed by atoms with E-state index in [1.54, 1.807) is 24.3 Å². The van der Waals surface area contributed by atoms with E-state index in [1.165, 1.54) is 17.6 Å². The van der Waals surface area contributed by atoms with Crippen LogP contribution in [0.15, 0.2) is 45.6 Å². The lowest BCUT2D eigenvalue weighted by Crippen LogP contribution is -2.20. The normalized spacial score (nSPS) is 10.8. The van der Waals surface area contributed by atoms with Gasteiger partial charge in [-0.25, -0.2) is 9.18 Å². The fourth-order valence-electron chi connectivity index (χ4n) is 2.60. The number of aromatic nitrogens is 1. The summed E-state index contributed by atoms with van der Waals surface area (Å²) in [4.78, 5) is 35.3. The molecule has 2 amide bonds. The van der Waals surface area contributed by atoms with Gasteiger partial charge in [0.05, 0.1) is 5.52 Å². The number of anilines is 1. The molecule has 1 aromatic heterocycles. The fraction of sp³-hybridized carbons (Fsp3) is 0.167. The molecular formula is C18H16FN3O4. The Hall–Kier alpha value is -3.42. The number of primary amides is 1. The second-order valence-electron chi connectivity index (χ2n) is 5.78. The molecule has 134 valence electrons. The van der Waals surface area contributed by atoms with Gasteiger partial charge in [0, 0.05) is 29.8 Å². The number of fused-ring (bicyclic) bond motifs is 1. The van der Waals surface area contributed by atoms with Gasteiger partial charge in [-0.3, -0.25) is 14.2 Å². The van der Waals surface area contributed by atoms with E-state index in [0.29, 0.717) is 11.1 Å². The van der Waals surface area contributed by atoms with E-state index in [1.807, 2.05) is 0 Å². The number of carbonyl (C=O) groups excluding carboxylic acids is 2. The van der Waals surface area contributed by atoms with Gasteiger partial charge >= 0.3 is 5.76 Å². The standard InChI is InChI=1S/C18H16FN3O4/c1-10-12(19)8-11(17(20)24)9-13(10)21-16(23)6-7-22-14-4-2-3-5-15(14)26-18(22)25/h2-5,8-9H,6-7H2,1H3,(H2,20,24)(H,21,23). The van der Waals surface area contributed by atoms with Crippen LogP contribution in [0.25, 0.3) is 11.1 Å². The molecule has 0 spiro atoms. The first-order chi connectivity index (χ1) is 12.4. The maximum atomic E-state index is 13.9. The highest BCUT2D eigenvalue weighted by atomic mass is 19.1. The van der Waals surface area contributed by atoms with E-state index in [0.717, 1.165) is 6.07 Å². The Labute approximate surface area is 147 Å². The van der Waals surface area contributed by atoms with Gasteiger partial charge in [0.25, 0.3) is 0 Å². The molecule has 1 heterocycles. The molecule has 0 radical (unpaired) electrons. The summed E-state index contributed by atoms with van der Waals surface area (Å²) in [5.74, 6) is -2.44. The Morgan fingerprint density at radius 2 is 2.00 bits per heavy atom. The largest absolute Gasteiger partial charge is 0.419 e. The zero-order chi connectivity index (χ0) is 18.8. The van der Waals surface area contributed by atoms with Crippen LogP contribution in [0.2, 0.25) is 0 Å². The van der Waals surface area contributed by atoms with E-state index in [2.05, 4.69) is 5.32 Å². The number of benzene rings is 2. The number of amides is 2. The Kier molecular flexibility index (Phi) is 4.57. The minimum Gasteiger partial charge on any atom is -0.408 e. The molecule has 8 heteroatoms. The molecule has 0 fully saturated rings. The summed E-state index contributed by atoms with van der Waals surface area (Å²) >= 11 is 0. The topological polar surface area (TPSA) is 107 Å². The summed E-state index contributed by atoms with van der Waals surface area (Å²) in [6, 6.07) is 9.21. The Bertz CT molecular complexity index is 1070. The third kappa shape index (κ3) is 3.34. The van der Waals surface area contributed by atoms with Crippen molar-refractivity contribution in [1.29, 1.82) is 0 Å². The van der Waals surface area contributed by atoms with E-state index in [9.17, 15) is 18.8 Å². The number of hydrogen-bond acceptors (Lipinski definition) is 4. The molecule has 3 aromatic rings. The van der Waals surface area contributed by atoms with E-state index >= 15 is 0 Å². The van der Waals surface area contributed by atoms with Crippen LogP contribution in [-0.2, 0) is 11.3 Å². The van der Waals surface area contributed by atoms with Gasteiger partial charge in [-0.05, 0) is 31.2 Å². The highest BCUT2D eigenvalue weighted by Gasteiger charge is 2.14. The molecule has 26 heavy (non-hydrogen) atoms. The third-order valence-electron chi connectivity index (χ3n) is 4.04. The number of nitrogens with zero attached hydrogens (tertiary/aromatic N) is 1. The molecule has 0 aliphatic rings. The summed E-state index contributed by atoms with van der Waals surface area (Å²) in [5.41, 5.74) is 6.49. The van der Waals surface area contributed by atoms with Crippen LogP contribution < -0.4 is 16.8 Å². The van der Waals surface area contributed by atoms with Crippen LogP contribution in [0.1, 0.15) is 22.3 Å². The first-order valence-corrected chi connectivity index (χ1v) is 7.85.